The second-order valence-electron chi connectivity index (χ2n) is 5.97. The summed E-state index contributed by atoms with van der Waals surface area (Å²) in [5.41, 5.74) is 2.21. The molecule has 6 heteroatoms. The summed E-state index contributed by atoms with van der Waals surface area (Å²) in [6, 6.07) is 14.2. The number of carbonyl (C=O) groups is 1. The number of hydrogen-bond acceptors (Lipinski definition) is 4. The van der Waals surface area contributed by atoms with Gasteiger partial charge in [0.05, 0.1) is 16.8 Å². The maximum absolute atomic E-state index is 13.4. The molecule has 0 aliphatic carbocycles. The Morgan fingerprint density at radius 3 is 2.81 bits per heavy atom. The van der Waals surface area contributed by atoms with Crippen LogP contribution in [-0.2, 0) is 0 Å². The maximum atomic E-state index is 13.4. The Balaban J connectivity index is 1.82. The molecule has 5 nitrogen and oxygen atoms in total. The molecule has 0 saturated heterocycles. The van der Waals surface area contributed by atoms with Crippen LogP contribution in [0.1, 0.15) is 21.5 Å². The predicted molar refractivity (Wildman–Crippen MR) is 97.7 cm³/mol. The smallest absolute Gasteiger partial charge is 0.198 e. The van der Waals surface area contributed by atoms with Crippen LogP contribution in [-0.4, -0.2) is 20.9 Å². The minimum absolute atomic E-state index is 0.0936. The zero-order valence-corrected chi connectivity index (χ0v) is 13.9. The van der Waals surface area contributed by atoms with Crippen molar-refractivity contribution < 1.29 is 14.3 Å². The monoisotopic (exact) mass is 357 g/mol. The number of ketones is 1. The molecule has 0 radical (unpaired) electrons. The van der Waals surface area contributed by atoms with Crippen molar-refractivity contribution in [3.8, 4) is 23.1 Å². The van der Waals surface area contributed by atoms with Gasteiger partial charge in [-0.05, 0) is 30.3 Å². The first-order valence-corrected chi connectivity index (χ1v) is 8.08. The summed E-state index contributed by atoms with van der Waals surface area (Å²) < 4.78 is 13.4. The van der Waals surface area contributed by atoms with E-state index in [1.807, 2.05) is 24.3 Å². The van der Waals surface area contributed by atoms with Crippen molar-refractivity contribution in [3.05, 3.63) is 83.4 Å². The number of H-pyrrole nitrogens is 1. The Morgan fingerprint density at radius 2 is 2.00 bits per heavy atom. The first-order valence-electron chi connectivity index (χ1n) is 8.08. The molecule has 2 N–H and O–H groups in total. The van der Waals surface area contributed by atoms with Crippen LogP contribution < -0.4 is 0 Å². The Kier molecular flexibility index (Phi) is 3.90. The molecular formula is C21H12FN3O2. The molecule has 130 valence electrons. The van der Waals surface area contributed by atoms with E-state index in [1.54, 1.807) is 6.20 Å². The molecule has 0 aliphatic heterocycles. The number of aromatic hydroxyl groups is 1. The Hall–Kier alpha value is -3.98. The van der Waals surface area contributed by atoms with Gasteiger partial charge < -0.3 is 10.1 Å². The van der Waals surface area contributed by atoms with Gasteiger partial charge in [0.1, 0.15) is 17.6 Å². The molecule has 0 amide bonds. The van der Waals surface area contributed by atoms with Crippen molar-refractivity contribution in [2.75, 3.05) is 0 Å². The fourth-order valence-electron chi connectivity index (χ4n) is 3.00. The second-order valence-corrected chi connectivity index (χ2v) is 5.97. The van der Waals surface area contributed by atoms with E-state index in [-0.39, 0.29) is 22.4 Å². The number of hydrogen-bond donors (Lipinski definition) is 2. The highest BCUT2D eigenvalue weighted by molar-refractivity contribution is 6.11. The largest absolute Gasteiger partial charge is 0.507 e. The molecule has 2 aromatic carbocycles. The zero-order valence-electron chi connectivity index (χ0n) is 13.9. The van der Waals surface area contributed by atoms with E-state index >= 15 is 0 Å². The topological polar surface area (TPSA) is 89.8 Å². The third-order valence-corrected chi connectivity index (χ3v) is 4.32. The van der Waals surface area contributed by atoms with Crippen LogP contribution in [0.4, 0.5) is 4.39 Å². The van der Waals surface area contributed by atoms with Crippen LogP contribution in [0, 0.1) is 17.1 Å². The molecular weight excluding hydrogens is 345 g/mol. The van der Waals surface area contributed by atoms with E-state index in [0.717, 1.165) is 34.7 Å². The van der Waals surface area contributed by atoms with Crippen molar-refractivity contribution in [2.45, 2.75) is 0 Å². The average molecular weight is 357 g/mol. The fourth-order valence-corrected chi connectivity index (χ4v) is 3.00. The standard InChI is InChI=1S/C21H12FN3O2/c22-14-5-6-19(26)16(8-14)21(27)13-7-12(9-23)20(25-10-13)17-11-24-18-4-2-1-3-15(17)18/h1-8,10-11,24,26H. The molecule has 2 aromatic heterocycles. The van der Waals surface area contributed by atoms with Gasteiger partial charge in [0, 0.05) is 34.4 Å². The number of aromatic nitrogens is 2. The van der Waals surface area contributed by atoms with E-state index in [2.05, 4.69) is 16.0 Å². The van der Waals surface area contributed by atoms with Gasteiger partial charge in [-0.2, -0.15) is 5.26 Å². The van der Waals surface area contributed by atoms with Gasteiger partial charge in [0.25, 0.3) is 0 Å². The maximum Gasteiger partial charge on any atom is 0.198 e. The number of halogens is 1. The molecule has 0 saturated carbocycles. The third kappa shape index (κ3) is 2.81. The summed E-state index contributed by atoms with van der Waals surface area (Å²) in [5, 5.41) is 20.3. The van der Waals surface area contributed by atoms with E-state index in [0.29, 0.717) is 5.69 Å². The highest BCUT2D eigenvalue weighted by Crippen LogP contribution is 2.30. The number of phenols is 1. The number of nitrogens with zero attached hydrogens (tertiary/aromatic N) is 2. The van der Waals surface area contributed by atoms with Gasteiger partial charge in [-0.3, -0.25) is 9.78 Å². The molecule has 0 aliphatic rings. The predicted octanol–water partition coefficient (Wildman–Crippen LogP) is 4.18. The Bertz CT molecular complexity index is 1240. The summed E-state index contributed by atoms with van der Waals surface area (Å²) in [6.07, 6.45) is 3.08. The molecule has 0 fully saturated rings. The highest BCUT2D eigenvalue weighted by atomic mass is 19.1. The van der Waals surface area contributed by atoms with Gasteiger partial charge in [-0.25, -0.2) is 4.39 Å². The van der Waals surface area contributed by atoms with Crippen molar-refractivity contribution in [3.63, 3.8) is 0 Å². The number of carbonyl (C=O) groups excluding carboxylic acids is 1. The highest BCUT2D eigenvalue weighted by Gasteiger charge is 2.18. The lowest BCUT2D eigenvalue weighted by Gasteiger charge is -2.07. The van der Waals surface area contributed by atoms with Crippen LogP contribution in [0.15, 0.2) is 60.9 Å². The number of para-hydroxylation sites is 1. The van der Waals surface area contributed by atoms with Crippen LogP contribution in [0.5, 0.6) is 5.75 Å². The van der Waals surface area contributed by atoms with Crippen molar-refractivity contribution in [1.82, 2.24) is 9.97 Å². The molecule has 0 bridgehead atoms. The summed E-state index contributed by atoms with van der Waals surface area (Å²) >= 11 is 0. The number of aromatic amines is 1. The number of benzene rings is 2. The summed E-state index contributed by atoms with van der Waals surface area (Å²) in [5.74, 6) is -1.58. The van der Waals surface area contributed by atoms with Crippen LogP contribution in [0.25, 0.3) is 22.2 Å². The lowest BCUT2D eigenvalue weighted by atomic mass is 9.99. The minimum atomic E-state index is -0.639. The van der Waals surface area contributed by atoms with Crippen LogP contribution in [0.2, 0.25) is 0 Å². The number of nitriles is 1. The van der Waals surface area contributed by atoms with Crippen LogP contribution in [0.3, 0.4) is 0 Å². The number of rotatable bonds is 3. The SMILES string of the molecule is N#Cc1cc(C(=O)c2cc(F)ccc2O)cnc1-c1c[nH]c2ccccc12. The first kappa shape index (κ1) is 16.5. The van der Waals surface area contributed by atoms with E-state index in [9.17, 15) is 19.6 Å². The molecule has 0 spiro atoms. The normalized spacial score (nSPS) is 10.7. The number of fused-ring (bicyclic) bond motifs is 1. The summed E-state index contributed by atoms with van der Waals surface area (Å²) in [6.45, 7) is 0. The summed E-state index contributed by atoms with van der Waals surface area (Å²) in [7, 11) is 0. The number of nitrogens with one attached hydrogen (secondary N) is 1. The second kappa shape index (κ2) is 6.39. The molecule has 4 rings (SSSR count). The average Bonchev–Trinajstić information content (AvgIpc) is 3.12. The minimum Gasteiger partial charge on any atom is -0.507 e. The quantitative estimate of drug-likeness (QED) is 0.538. The van der Waals surface area contributed by atoms with Crippen molar-refractivity contribution in [2.24, 2.45) is 0 Å². The lowest BCUT2D eigenvalue weighted by Crippen LogP contribution is -2.04. The van der Waals surface area contributed by atoms with Gasteiger partial charge in [-0.1, -0.05) is 18.2 Å². The molecule has 2 heterocycles. The first-order chi connectivity index (χ1) is 13.1. The van der Waals surface area contributed by atoms with E-state index in [1.165, 1.54) is 12.3 Å². The van der Waals surface area contributed by atoms with Gasteiger partial charge in [0.2, 0.25) is 0 Å². The van der Waals surface area contributed by atoms with Gasteiger partial charge >= 0.3 is 0 Å². The summed E-state index contributed by atoms with van der Waals surface area (Å²) in [4.78, 5) is 20.0. The molecule has 4 aromatic rings. The van der Waals surface area contributed by atoms with Crippen molar-refractivity contribution in [1.29, 1.82) is 5.26 Å². The number of phenolic OH excluding ortho intramolecular Hbond substituents is 1. The van der Waals surface area contributed by atoms with E-state index < -0.39 is 11.6 Å². The number of pyridine rings is 1. The Labute approximate surface area is 153 Å². The zero-order chi connectivity index (χ0) is 19.0. The van der Waals surface area contributed by atoms with Gasteiger partial charge in [-0.15, -0.1) is 0 Å². The molecule has 27 heavy (non-hydrogen) atoms. The van der Waals surface area contributed by atoms with E-state index in [4.69, 9.17) is 0 Å². The van der Waals surface area contributed by atoms with Crippen molar-refractivity contribution >= 4 is 16.7 Å². The molecule has 0 atom stereocenters. The lowest BCUT2D eigenvalue weighted by molar-refractivity contribution is 0.103. The van der Waals surface area contributed by atoms with Gasteiger partial charge in [0.15, 0.2) is 5.78 Å². The third-order valence-electron chi connectivity index (χ3n) is 4.32. The molecule has 0 unspecified atom stereocenters. The van der Waals surface area contributed by atoms with Crippen LogP contribution >= 0.6 is 0 Å². The Morgan fingerprint density at radius 1 is 1.19 bits per heavy atom. The fraction of sp³-hybridized carbons (Fsp3) is 0.